The third kappa shape index (κ3) is 3.05. The van der Waals surface area contributed by atoms with Gasteiger partial charge in [0.1, 0.15) is 5.75 Å². The molecule has 114 valence electrons. The van der Waals surface area contributed by atoms with Crippen molar-refractivity contribution >= 4 is 5.97 Å². The van der Waals surface area contributed by atoms with Gasteiger partial charge in [-0.15, -0.1) is 0 Å². The summed E-state index contributed by atoms with van der Waals surface area (Å²) in [6.07, 6.45) is 0.891. The fourth-order valence-electron chi connectivity index (χ4n) is 3.47. The summed E-state index contributed by atoms with van der Waals surface area (Å²) in [5, 5.41) is 8.97. The van der Waals surface area contributed by atoms with E-state index >= 15 is 0 Å². The zero-order chi connectivity index (χ0) is 15.0. The molecule has 1 heterocycles. The topological polar surface area (TPSA) is 49.8 Å². The molecule has 1 N–H and O–H groups in total. The number of rotatable bonds is 6. The molecule has 0 radical (unpaired) electrons. The average molecular weight is 289 g/mol. The Balaban J connectivity index is 1.44. The first kappa shape index (κ1) is 14.4. The van der Waals surface area contributed by atoms with Crippen LogP contribution in [0.2, 0.25) is 0 Å². The number of aliphatic carboxylic acids is 1. The maximum atomic E-state index is 10.9. The van der Waals surface area contributed by atoms with Crippen LogP contribution in [0.1, 0.15) is 24.8 Å². The van der Waals surface area contributed by atoms with E-state index in [2.05, 4.69) is 24.0 Å². The average Bonchev–Trinajstić information content (AvgIpc) is 3.22. The van der Waals surface area contributed by atoms with Crippen molar-refractivity contribution in [2.75, 3.05) is 26.7 Å². The Kier molecular flexibility index (Phi) is 3.89. The Hall–Kier alpha value is -1.55. The highest BCUT2D eigenvalue weighted by Gasteiger charge is 2.51. The van der Waals surface area contributed by atoms with Crippen LogP contribution in [0.3, 0.4) is 0 Å². The first-order valence-corrected chi connectivity index (χ1v) is 7.67. The van der Waals surface area contributed by atoms with Crippen LogP contribution >= 0.6 is 0 Å². The molecule has 1 aliphatic heterocycles. The summed E-state index contributed by atoms with van der Waals surface area (Å²) in [6.45, 7) is 5.42. The van der Waals surface area contributed by atoms with Crippen LogP contribution in [0.5, 0.6) is 5.75 Å². The van der Waals surface area contributed by atoms with Crippen molar-refractivity contribution < 1.29 is 14.6 Å². The van der Waals surface area contributed by atoms with Gasteiger partial charge in [-0.1, -0.05) is 19.1 Å². The monoisotopic (exact) mass is 289 g/mol. The van der Waals surface area contributed by atoms with E-state index in [1.54, 1.807) is 7.11 Å². The Morgan fingerprint density at radius 1 is 1.38 bits per heavy atom. The number of ether oxygens (including phenoxy) is 1. The van der Waals surface area contributed by atoms with E-state index in [0.717, 1.165) is 31.8 Å². The second-order valence-corrected chi connectivity index (χ2v) is 6.50. The Labute approximate surface area is 125 Å². The van der Waals surface area contributed by atoms with Gasteiger partial charge in [-0.2, -0.15) is 0 Å². The second kappa shape index (κ2) is 5.68. The first-order valence-electron chi connectivity index (χ1n) is 7.67. The third-order valence-electron chi connectivity index (χ3n) is 4.96. The van der Waals surface area contributed by atoms with Gasteiger partial charge >= 0.3 is 5.97 Å². The lowest BCUT2D eigenvalue weighted by Gasteiger charge is -2.41. The predicted molar refractivity (Wildman–Crippen MR) is 80.6 cm³/mol. The van der Waals surface area contributed by atoms with Crippen LogP contribution in [-0.4, -0.2) is 42.7 Å². The highest BCUT2D eigenvalue weighted by Crippen LogP contribution is 2.47. The molecule has 4 heteroatoms. The SMILES string of the molecule is COc1ccc(C(C)CN2CC([C@@H]3C[C@H]3C(=O)O)C2)cc1. The molecule has 0 bridgehead atoms. The van der Waals surface area contributed by atoms with Gasteiger partial charge in [-0.3, -0.25) is 4.79 Å². The molecule has 1 saturated carbocycles. The van der Waals surface area contributed by atoms with E-state index in [9.17, 15) is 4.79 Å². The second-order valence-electron chi connectivity index (χ2n) is 6.50. The van der Waals surface area contributed by atoms with Crippen LogP contribution in [0.15, 0.2) is 24.3 Å². The highest BCUT2D eigenvalue weighted by molar-refractivity contribution is 5.73. The molecule has 2 fully saturated rings. The van der Waals surface area contributed by atoms with Gasteiger partial charge in [-0.25, -0.2) is 0 Å². The van der Waals surface area contributed by atoms with E-state index in [-0.39, 0.29) is 5.92 Å². The molecule has 1 unspecified atom stereocenters. The van der Waals surface area contributed by atoms with E-state index in [1.165, 1.54) is 5.56 Å². The summed E-state index contributed by atoms with van der Waals surface area (Å²) < 4.78 is 5.18. The Morgan fingerprint density at radius 3 is 2.57 bits per heavy atom. The fraction of sp³-hybridized carbons (Fsp3) is 0.588. The van der Waals surface area contributed by atoms with Crippen LogP contribution in [0.4, 0.5) is 0 Å². The van der Waals surface area contributed by atoms with Crippen LogP contribution in [0.25, 0.3) is 0 Å². The van der Waals surface area contributed by atoms with Gasteiger partial charge in [0.25, 0.3) is 0 Å². The molecule has 1 aromatic rings. The standard InChI is InChI=1S/C17H23NO3/c1-11(12-3-5-14(21-2)6-4-12)8-18-9-13(10-18)15-7-16(15)17(19)20/h3-6,11,13,15-16H,7-10H2,1-2H3,(H,19,20)/t11?,15-,16+/m0/s1. The minimum atomic E-state index is -0.606. The van der Waals surface area contributed by atoms with Crippen molar-refractivity contribution in [1.29, 1.82) is 0 Å². The third-order valence-corrected chi connectivity index (χ3v) is 4.96. The zero-order valence-corrected chi connectivity index (χ0v) is 12.7. The number of likely N-dealkylation sites (tertiary alicyclic amines) is 1. The van der Waals surface area contributed by atoms with E-state index in [0.29, 0.717) is 17.8 Å². The largest absolute Gasteiger partial charge is 0.497 e. The lowest BCUT2D eigenvalue weighted by atomic mass is 9.91. The van der Waals surface area contributed by atoms with Crippen LogP contribution < -0.4 is 4.74 Å². The van der Waals surface area contributed by atoms with E-state index < -0.39 is 5.97 Å². The summed E-state index contributed by atoms with van der Waals surface area (Å²) in [7, 11) is 1.68. The number of hydrogen-bond donors (Lipinski definition) is 1. The predicted octanol–water partition coefficient (Wildman–Crippen LogP) is 2.45. The molecule has 0 aromatic heterocycles. The lowest BCUT2D eigenvalue weighted by molar-refractivity contribution is -0.139. The van der Waals surface area contributed by atoms with Crippen LogP contribution in [-0.2, 0) is 4.79 Å². The molecule has 0 spiro atoms. The molecule has 0 amide bonds. The van der Waals surface area contributed by atoms with Crippen molar-refractivity contribution in [3.63, 3.8) is 0 Å². The number of carbonyl (C=O) groups is 1. The summed E-state index contributed by atoms with van der Waals surface area (Å²) >= 11 is 0. The first-order chi connectivity index (χ1) is 10.1. The number of hydrogen-bond acceptors (Lipinski definition) is 3. The number of benzene rings is 1. The fourth-order valence-corrected chi connectivity index (χ4v) is 3.47. The van der Waals surface area contributed by atoms with Crippen molar-refractivity contribution in [2.24, 2.45) is 17.8 Å². The highest BCUT2D eigenvalue weighted by atomic mass is 16.5. The van der Waals surface area contributed by atoms with Gasteiger partial charge < -0.3 is 14.7 Å². The molecule has 3 atom stereocenters. The molecule has 1 aromatic carbocycles. The normalized spacial score (nSPS) is 27.0. The number of carboxylic acids is 1. The summed E-state index contributed by atoms with van der Waals surface area (Å²) in [4.78, 5) is 13.3. The summed E-state index contributed by atoms with van der Waals surface area (Å²) in [5.41, 5.74) is 1.33. The number of carboxylic acid groups (broad SMARTS) is 1. The molecular weight excluding hydrogens is 266 g/mol. The maximum Gasteiger partial charge on any atom is 0.306 e. The molecule has 1 aliphatic carbocycles. The van der Waals surface area contributed by atoms with Crippen molar-refractivity contribution in [3.05, 3.63) is 29.8 Å². The van der Waals surface area contributed by atoms with Gasteiger partial charge in [0.15, 0.2) is 0 Å². The van der Waals surface area contributed by atoms with Crippen molar-refractivity contribution in [2.45, 2.75) is 19.3 Å². The van der Waals surface area contributed by atoms with E-state index in [4.69, 9.17) is 9.84 Å². The van der Waals surface area contributed by atoms with E-state index in [1.807, 2.05) is 12.1 Å². The smallest absolute Gasteiger partial charge is 0.306 e. The molecule has 1 saturated heterocycles. The number of nitrogens with zero attached hydrogens (tertiary/aromatic N) is 1. The van der Waals surface area contributed by atoms with Gasteiger partial charge in [-0.05, 0) is 41.9 Å². The van der Waals surface area contributed by atoms with Gasteiger partial charge in [0.2, 0.25) is 0 Å². The Morgan fingerprint density at radius 2 is 2.05 bits per heavy atom. The maximum absolute atomic E-state index is 10.9. The Bertz CT molecular complexity index is 507. The molecular formula is C17H23NO3. The van der Waals surface area contributed by atoms with Crippen molar-refractivity contribution in [1.82, 2.24) is 4.90 Å². The molecule has 4 nitrogen and oxygen atoms in total. The minimum absolute atomic E-state index is 0.0591. The summed E-state index contributed by atoms with van der Waals surface area (Å²) in [6, 6.07) is 8.27. The van der Waals surface area contributed by atoms with Gasteiger partial charge in [0.05, 0.1) is 13.0 Å². The van der Waals surface area contributed by atoms with Gasteiger partial charge in [0, 0.05) is 19.6 Å². The zero-order valence-electron chi connectivity index (χ0n) is 12.7. The lowest BCUT2D eigenvalue weighted by Crippen LogP contribution is -2.49. The molecule has 3 rings (SSSR count). The van der Waals surface area contributed by atoms with Crippen LogP contribution in [0, 0.1) is 17.8 Å². The summed E-state index contributed by atoms with van der Waals surface area (Å²) in [5.74, 6) is 1.76. The molecule has 21 heavy (non-hydrogen) atoms. The minimum Gasteiger partial charge on any atom is -0.497 e. The van der Waals surface area contributed by atoms with Crippen molar-refractivity contribution in [3.8, 4) is 5.75 Å². The number of methoxy groups -OCH3 is 1. The quantitative estimate of drug-likeness (QED) is 0.874. The molecule has 2 aliphatic rings.